The van der Waals surface area contributed by atoms with Crippen LogP contribution in [0.2, 0.25) is 19.6 Å². The van der Waals surface area contributed by atoms with E-state index in [1.807, 2.05) is 0 Å². The molecule has 2 aromatic rings. The number of benzene rings is 1. The highest BCUT2D eigenvalue weighted by Gasteiger charge is 2.44. The fourth-order valence-electron chi connectivity index (χ4n) is 3.88. The number of hydrogen-bond donors (Lipinski definition) is 1. The van der Waals surface area contributed by atoms with E-state index in [0.717, 1.165) is 19.3 Å². The minimum Gasteiger partial charge on any atom is -0.400 e. The van der Waals surface area contributed by atoms with Gasteiger partial charge < -0.3 is 9.41 Å². The van der Waals surface area contributed by atoms with Crippen LogP contribution in [0.1, 0.15) is 36.4 Å². The first-order valence-electron chi connectivity index (χ1n) is 8.02. The number of aryl methyl sites for hydroxylation is 1. The summed E-state index contributed by atoms with van der Waals surface area (Å²) in [5, 5.41) is 11.0. The maximum atomic E-state index is 9.72. The van der Waals surface area contributed by atoms with Crippen molar-refractivity contribution in [1.29, 1.82) is 5.26 Å². The van der Waals surface area contributed by atoms with Gasteiger partial charge in [0, 0.05) is 16.6 Å². The minimum absolute atomic E-state index is 0.409. The Labute approximate surface area is 133 Å². The predicted octanol–water partition coefficient (Wildman–Crippen LogP) is 4.86. The van der Waals surface area contributed by atoms with Gasteiger partial charge in [0.15, 0.2) is 8.32 Å². The molecule has 1 aliphatic carbocycles. The highest BCUT2D eigenvalue weighted by Crippen LogP contribution is 2.46. The van der Waals surface area contributed by atoms with Crippen LogP contribution in [0, 0.1) is 18.3 Å². The topological polar surface area (TPSA) is 48.8 Å². The first-order chi connectivity index (χ1) is 10.3. The lowest BCUT2D eigenvalue weighted by atomic mass is 9.93. The Morgan fingerprint density at radius 1 is 1.32 bits per heavy atom. The number of rotatable bonds is 3. The van der Waals surface area contributed by atoms with Gasteiger partial charge in [-0.2, -0.15) is 5.26 Å². The van der Waals surface area contributed by atoms with E-state index < -0.39 is 13.9 Å². The normalized spacial score (nSPS) is 25.5. The number of fused-ring (bicyclic) bond motifs is 1. The van der Waals surface area contributed by atoms with Gasteiger partial charge in [0.2, 0.25) is 0 Å². The molecule has 2 atom stereocenters. The van der Waals surface area contributed by atoms with Gasteiger partial charge in [-0.05, 0) is 63.4 Å². The van der Waals surface area contributed by atoms with Crippen molar-refractivity contribution < 1.29 is 4.43 Å². The summed E-state index contributed by atoms with van der Waals surface area (Å²) in [6.45, 7) is 8.63. The van der Waals surface area contributed by atoms with Crippen LogP contribution in [0.5, 0.6) is 0 Å². The molecule has 1 saturated carbocycles. The molecule has 0 spiro atoms. The summed E-state index contributed by atoms with van der Waals surface area (Å²) in [5.74, 6) is 0.409. The predicted molar refractivity (Wildman–Crippen MR) is 92.4 cm³/mol. The molecule has 1 aromatic heterocycles. The van der Waals surface area contributed by atoms with E-state index in [1.54, 1.807) is 0 Å². The molecule has 0 bridgehead atoms. The molecule has 1 aliphatic rings. The lowest BCUT2D eigenvalue weighted by Gasteiger charge is -2.30. The number of hydrogen-bond acceptors (Lipinski definition) is 2. The molecule has 1 heterocycles. The fourth-order valence-corrected chi connectivity index (χ4v) is 5.29. The Morgan fingerprint density at radius 2 is 2.05 bits per heavy atom. The zero-order valence-corrected chi connectivity index (χ0v) is 14.9. The monoisotopic (exact) mass is 312 g/mol. The highest BCUT2D eigenvalue weighted by molar-refractivity contribution is 6.69. The second-order valence-electron chi connectivity index (χ2n) is 7.47. The average Bonchev–Trinajstić information content (AvgIpc) is 2.97. The maximum Gasteiger partial charge on any atom is 0.185 e. The number of nitriles is 1. The van der Waals surface area contributed by atoms with Crippen molar-refractivity contribution in [1.82, 2.24) is 4.98 Å². The number of H-pyrrole nitrogens is 1. The van der Waals surface area contributed by atoms with Crippen molar-refractivity contribution in [2.24, 2.45) is 0 Å². The molecule has 4 heteroatoms. The lowest BCUT2D eigenvalue weighted by molar-refractivity contribution is 0.126. The summed E-state index contributed by atoms with van der Waals surface area (Å²) in [7, 11) is -1.73. The van der Waals surface area contributed by atoms with E-state index in [1.165, 1.54) is 22.2 Å². The van der Waals surface area contributed by atoms with E-state index in [2.05, 4.69) is 61.9 Å². The first kappa shape index (κ1) is 15.3. The Morgan fingerprint density at radius 3 is 2.73 bits per heavy atom. The summed E-state index contributed by atoms with van der Waals surface area (Å²) in [6.07, 6.45) is 2.69. The molecular weight excluding hydrogens is 288 g/mol. The van der Waals surface area contributed by atoms with Crippen LogP contribution in [0.25, 0.3) is 10.9 Å². The van der Waals surface area contributed by atoms with E-state index in [-0.39, 0.29) is 0 Å². The summed E-state index contributed by atoms with van der Waals surface area (Å²) in [5.41, 5.74) is 3.22. The van der Waals surface area contributed by atoms with Crippen molar-refractivity contribution >= 4 is 19.2 Å². The fraction of sp³-hybridized carbons (Fsp3) is 0.500. The molecule has 3 rings (SSSR count). The number of nitrogens with zero attached hydrogens (tertiary/aromatic N) is 1. The highest BCUT2D eigenvalue weighted by atomic mass is 28.4. The van der Waals surface area contributed by atoms with Crippen LogP contribution < -0.4 is 0 Å². The smallest absolute Gasteiger partial charge is 0.185 e. The van der Waals surface area contributed by atoms with Gasteiger partial charge in [0.25, 0.3) is 0 Å². The maximum absolute atomic E-state index is 9.72. The lowest BCUT2D eigenvalue weighted by Crippen LogP contribution is -2.40. The van der Waals surface area contributed by atoms with Crippen molar-refractivity contribution in [2.45, 2.75) is 57.3 Å². The van der Waals surface area contributed by atoms with Crippen LogP contribution in [-0.4, -0.2) is 18.9 Å². The SMILES string of the molecule is Cc1[nH]c2ccccc2c1[C@H]1CC[C@](C#N)(O[Si](C)(C)C)C1. The minimum atomic E-state index is -1.73. The summed E-state index contributed by atoms with van der Waals surface area (Å²) in [4.78, 5) is 3.48. The number of aromatic nitrogens is 1. The zero-order chi connectivity index (χ0) is 16.0. The van der Waals surface area contributed by atoms with Gasteiger partial charge in [-0.15, -0.1) is 0 Å². The quantitative estimate of drug-likeness (QED) is 0.823. The molecular formula is C18H24N2OSi. The van der Waals surface area contributed by atoms with Gasteiger partial charge in [-0.1, -0.05) is 18.2 Å². The van der Waals surface area contributed by atoms with E-state index >= 15 is 0 Å². The molecule has 1 N–H and O–H groups in total. The molecule has 1 fully saturated rings. The van der Waals surface area contributed by atoms with Crippen molar-refractivity contribution in [3.05, 3.63) is 35.5 Å². The third-order valence-electron chi connectivity index (χ3n) is 4.53. The second kappa shape index (κ2) is 5.26. The number of nitrogens with one attached hydrogen (secondary N) is 1. The third-order valence-corrected chi connectivity index (χ3v) is 5.53. The summed E-state index contributed by atoms with van der Waals surface area (Å²) in [6, 6.07) is 10.9. The van der Waals surface area contributed by atoms with Crippen LogP contribution in [-0.2, 0) is 4.43 Å². The van der Waals surface area contributed by atoms with Crippen LogP contribution >= 0.6 is 0 Å². The molecule has 22 heavy (non-hydrogen) atoms. The second-order valence-corrected chi connectivity index (χ2v) is 11.9. The van der Waals surface area contributed by atoms with E-state index in [0.29, 0.717) is 5.92 Å². The Balaban J connectivity index is 1.94. The van der Waals surface area contributed by atoms with E-state index in [4.69, 9.17) is 4.43 Å². The standard InChI is InChI=1S/C18H24N2OSi/c1-13-17(15-7-5-6-8-16(15)20-13)14-9-10-18(11-14,12-19)21-22(2,3)4/h5-8,14,20H,9-11H2,1-4H3/t14-,18-/m0/s1. The molecule has 0 amide bonds. The molecule has 0 aliphatic heterocycles. The Bertz CT molecular complexity index is 738. The van der Waals surface area contributed by atoms with E-state index in [9.17, 15) is 5.26 Å². The summed E-state index contributed by atoms with van der Waals surface area (Å²) < 4.78 is 6.28. The average molecular weight is 312 g/mol. The van der Waals surface area contributed by atoms with Crippen molar-refractivity contribution in [3.8, 4) is 6.07 Å². The molecule has 1 aromatic carbocycles. The van der Waals surface area contributed by atoms with Gasteiger partial charge >= 0.3 is 0 Å². The van der Waals surface area contributed by atoms with Crippen molar-refractivity contribution in [2.75, 3.05) is 0 Å². The van der Waals surface area contributed by atoms with Crippen molar-refractivity contribution in [3.63, 3.8) is 0 Å². The largest absolute Gasteiger partial charge is 0.400 e. The molecule has 116 valence electrons. The third kappa shape index (κ3) is 2.71. The van der Waals surface area contributed by atoms with Gasteiger partial charge in [-0.25, -0.2) is 0 Å². The summed E-state index contributed by atoms with van der Waals surface area (Å²) >= 11 is 0. The Hall–Kier alpha value is -1.57. The Kier molecular flexibility index (Phi) is 3.66. The van der Waals surface area contributed by atoms with Gasteiger partial charge in [0.1, 0.15) is 5.60 Å². The number of aromatic amines is 1. The van der Waals surface area contributed by atoms with Gasteiger partial charge in [0.05, 0.1) is 6.07 Å². The molecule has 3 nitrogen and oxygen atoms in total. The van der Waals surface area contributed by atoms with Gasteiger partial charge in [-0.3, -0.25) is 0 Å². The van der Waals surface area contributed by atoms with Crippen LogP contribution in [0.4, 0.5) is 0 Å². The molecule has 0 radical (unpaired) electrons. The number of para-hydroxylation sites is 1. The first-order valence-corrected chi connectivity index (χ1v) is 11.4. The zero-order valence-electron chi connectivity index (χ0n) is 13.9. The molecule has 0 unspecified atom stereocenters. The van der Waals surface area contributed by atoms with Crippen LogP contribution in [0.15, 0.2) is 24.3 Å². The molecule has 0 saturated heterocycles. The van der Waals surface area contributed by atoms with Crippen LogP contribution in [0.3, 0.4) is 0 Å².